The van der Waals surface area contributed by atoms with Gasteiger partial charge in [0.25, 0.3) is 0 Å². The van der Waals surface area contributed by atoms with E-state index >= 15 is 0 Å². The Morgan fingerprint density at radius 1 is 1.20 bits per heavy atom. The molecule has 110 valence electrons. The molecular weight excluding hydrogens is 252 g/mol. The SMILES string of the molecule is CC(C)C[C@@](C)(NC(=O)[C@@H](C)c1ccccc1)C(N)=O. The van der Waals surface area contributed by atoms with Crippen LogP contribution in [0.15, 0.2) is 30.3 Å². The van der Waals surface area contributed by atoms with Gasteiger partial charge >= 0.3 is 0 Å². The van der Waals surface area contributed by atoms with Crippen LogP contribution in [0.5, 0.6) is 0 Å². The minimum atomic E-state index is -1.01. The summed E-state index contributed by atoms with van der Waals surface area (Å²) in [4.78, 5) is 24.0. The molecule has 2 amide bonds. The minimum absolute atomic E-state index is 0.182. The molecule has 0 bridgehead atoms. The van der Waals surface area contributed by atoms with E-state index in [1.165, 1.54) is 0 Å². The molecule has 1 aromatic carbocycles. The maximum atomic E-state index is 12.3. The molecule has 20 heavy (non-hydrogen) atoms. The van der Waals surface area contributed by atoms with Crippen molar-refractivity contribution in [1.29, 1.82) is 0 Å². The Morgan fingerprint density at radius 3 is 2.20 bits per heavy atom. The zero-order valence-corrected chi connectivity index (χ0v) is 12.6. The van der Waals surface area contributed by atoms with Crippen molar-refractivity contribution >= 4 is 11.8 Å². The maximum absolute atomic E-state index is 12.3. The number of benzene rings is 1. The topological polar surface area (TPSA) is 72.2 Å². The first-order chi connectivity index (χ1) is 9.26. The Kier molecular flexibility index (Phi) is 5.31. The van der Waals surface area contributed by atoms with E-state index in [2.05, 4.69) is 5.32 Å². The van der Waals surface area contributed by atoms with Gasteiger partial charge in [0.15, 0.2) is 0 Å². The molecule has 1 rings (SSSR count). The molecule has 1 aromatic rings. The van der Waals surface area contributed by atoms with Crippen LogP contribution < -0.4 is 11.1 Å². The molecule has 2 atom stereocenters. The second-order valence-electron chi connectivity index (χ2n) is 5.92. The van der Waals surface area contributed by atoms with Gasteiger partial charge in [0.2, 0.25) is 11.8 Å². The van der Waals surface area contributed by atoms with E-state index in [4.69, 9.17) is 5.73 Å². The summed E-state index contributed by atoms with van der Waals surface area (Å²) >= 11 is 0. The van der Waals surface area contributed by atoms with Gasteiger partial charge in [0.1, 0.15) is 5.54 Å². The third-order valence-electron chi connectivity index (χ3n) is 3.45. The van der Waals surface area contributed by atoms with E-state index in [0.717, 1.165) is 5.56 Å². The van der Waals surface area contributed by atoms with Crippen molar-refractivity contribution in [3.63, 3.8) is 0 Å². The van der Waals surface area contributed by atoms with Crippen molar-refractivity contribution in [1.82, 2.24) is 5.32 Å². The Balaban J connectivity index is 2.84. The summed E-state index contributed by atoms with van der Waals surface area (Å²) in [6, 6.07) is 9.48. The molecule has 3 N–H and O–H groups in total. The van der Waals surface area contributed by atoms with Crippen LogP contribution in [0.1, 0.15) is 45.6 Å². The summed E-state index contributed by atoms with van der Waals surface area (Å²) < 4.78 is 0. The van der Waals surface area contributed by atoms with Gasteiger partial charge < -0.3 is 11.1 Å². The predicted molar refractivity (Wildman–Crippen MR) is 80.1 cm³/mol. The molecule has 0 unspecified atom stereocenters. The van der Waals surface area contributed by atoms with Gasteiger partial charge in [0, 0.05) is 0 Å². The van der Waals surface area contributed by atoms with Crippen LogP contribution in [-0.2, 0) is 9.59 Å². The molecular formula is C16H24N2O2. The molecule has 0 saturated carbocycles. The van der Waals surface area contributed by atoms with Crippen LogP contribution in [0.25, 0.3) is 0 Å². The zero-order chi connectivity index (χ0) is 15.3. The zero-order valence-electron chi connectivity index (χ0n) is 12.6. The molecule has 0 aliphatic rings. The summed E-state index contributed by atoms with van der Waals surface area (Å²) in [5.41, 5.74) is 5.36. The third kappa shape index (κ3) is 4.08. The van der Waals surface area contributed by atoms with Gasteiger partial charge in [-0.25, -0.2) is 0 Å². The molecule has 0 saturated heterocycles. The van der Waals surface area contributed by atoms with Crippen molar-refractivity contribution in [2.24, 2.45) is 11.7 Å². The smallest absolute Gasteiger partial charge is 0.242 e. The molecule has 0 heterocycles. The van der Waals surface area contributed by atoms with Crippen LogP contribution in [0, 0.1) is 5.92 Å². The van der Waals surface area contributed by atoms with Gasteiger partial charge in [-0.1, -0.05) is 44.2 Å². The molecule has 4 heteroatoms. The number of carbonyl (C=O) groups excluding carboxylic acids is 2. The summed E-state index contributed by atoms with van der Waals surface area (Å²) in [7, 11) is 0. The molecule has 0 aliphatic carbocycles. The number of nitrogens with two attached hydrogens (primary N) is 1. The largest absolute Gasteiger partial charge is 0.368 e. The van der Waals surface area contributed by atoms with E-state index in [-0.39, 0.29) is 17.7 Å². The van der Waals surface area contributed by atoms with E-state index in [0.29, 0.717) is 6.42 Å². The Morgan fingerprint density at radius 2 is 1.75 bits per heavy atom. The number of hydrogen-bond donors (Lipinski definition) is 2. The summed E-state index contributed by atoms with van der Waals surface area (Å²) in [5.74, 6) is -0.736. The van der Waals surface area contributed by atoms with Gasteiger partial charge in [0.05, 0.1) is 5.92 Å². The van der Waals surface area contributed by atoms with Crippen molar-refractivity contribution in [2.45, 2.75) is 45.6 Å². The van der Waals surface area contributed by atoms with E-state index in [1.807, 2.05) is 51.1 Å². The lowest BCUT2D eigenvalue weighted by atomic mass is 9.88. The van der Waals surface area contributed by atoms with Crippen LogP contribution in [0.2, 0.25) is 0 Å². The van der Waals surface area contributed by atoms with Gasteiger partial charge in [-0.2, -0.15) is 0 Å². The lowest BCUT2D eigenvalue weighted by molar-refractivity contribution is -0.132. The lowest BCUT2D eigenvalue weighted by Crippen LogP contribution is -2.56. The highest BCUT2D eigenvalue weighted by Gasteiger charge is 2.34. The van der Waals surface area contributed by atoms with Crippen LogP contribution in [0.4, 0.5) is 0 Å². The second-order valence-corrected chi connectivity index (χ2v) is 5.92. The summed E-state index contributed by atoms with van der Waals surface area (Å²) in [5, 5.41) is 2.81. The van der Waals surface area contributed by atoms with E-state index < -0.39 is 11.4 Å². The second kappa shape index (κ2) is 6.55. The maximum Gasteiger partial charge on any atom is 0.242 e. The van der Waals surface area contributed by atoms with Gasteiger partial charge in [-0.05, 0) is 31.7 Å². The molecule has 0 aromatic heterocycles. The first kappa shape index (κ1) is 16.2. The van der Waals surface area contributed by atoms with Crippen molar-refractivity contribution in [3.8, 4) is 0 Å². The lowest BCUT2D eigenvalue weighted by Gasteiger charge is -2.30. The number of nitrogens with one attached hydrogen (secondary N) is 1. The van der Waals surface area contributed by atoms with E-state index in [9.17, 15) is 9.59 Å². The van der Waals surface area contributed by atoms with Crippen LogP contribution >= 0.6 is 0 Å². The van der Waals surface area contributed by atoms with Crippen LogP contribution in [-0.4, -0.2) is 17.4 Å². The summed E-state index contributed by atoms with van der Waals surface area (Å²) in [6.45, 7) is 7.49. The number of primary amides is 1. The van der Waals surface area contributed by atoms with Crippen molar-refractivity contribution < 1.29 is 9.59 Å². The molecule has 0 radical (unpaired) electrons. The minimum Gasteiger partial charge on any atom is -0.368 e. The van der Waals surface area contributed by atoms with Crippen molar-refractivity contribution in [3.05, 3.63) is 35.9 Å². The number of amides is 2. The Hall–Kier alpha value is -1.84. The van der Waals surface area contributed by atoms with Gasteiger partial charge in [-0.15, -0.1) is 0 Å². The first-order valence-electron chi connectivity index (χ1n) is 6.93. The fourth-order valence-electron chi connectivity index (χ4n) is 2.30. The highest BCUT2D eigenvalue weighted by molar-refractivity contribution is 5.92. The average molecular weight is 276 g/mol. The average Bonchev–Trinajstić information content (AvgIpc) is 2.37. The molecule has 0 aliphatic heterocycles. The molecule has 4 nitrogen and oxygen atoms in total. The quantitative estimate of drug-likeness (QED) is 0.836. The molecule has 0 fully saturated rings. The van der Waals surface area contributed by atoms with Crippen LogP contribution in [0.3, 0.4) is 0 Å². The number of carbonyl (C=O) groups is 2. The normalized spacial score (nSPS) is 15.4. The Labute approximate surface area is 120 Å². The fourth-order valence-corrected chi connectivity index (χ4v) is 2.30. The first-order valence-corrected chi connectivity index (χ1v) is 6.93. The molecule has 0 spiro atoms. The fraction of sp³-hybridized carbons (Fsp3) is 0.500. The van der Waals surface area contributed by atoms with Gasteiger partial charge in [-0.3, -0.25) is 9.59 Å². The highest BCUT2D eigenvalue weighted by atomic mass is 16.2. The monoisotopic (exact) mass is 276 g/mol. The predicted octanol–water partition coefficient (Wildman–Crippen LogP) is 2.20. The Bertz CT molecular complexity index is 471. The standard InChI is InChI=1S/C16H24N2O2/c1-11(2)10-16(4,15(17)20)18-14(19)12(3)13-8-6-5-7-9-13/h5-9,11-12H,10H2,1-4H3,(H2,17,20)(H,18,19)/t12-,16+/m0/s1. The highest BCUT2D eigenvalue weighted by Crippen LogP contribution is 2.20. The summed E-state index contributed by atoms with van der Waals surface area (Å²) in [6.07, 6.45) is 0.523. The number of hydrogen-bond acceptors (Lipinski definition) is 2. The number of rotatable bonds is 6. The third-order valence-corrected chi connectivity index (χ3v) is 3.45. The van der Waals surface area contributed by atoms with Crippen molar-refractivity contribution in [2.75, 3.05) is 0 Å². The van der Waals surface area contributed by atoms with E-state index in [1.54, 1.807) is 6.92 Å².